The van der Waals surface area contributed by atoms with Gasteiger partial charge in [-0.05, 0) is 52.3 Å². The number of benzene rings is 2. The van der Waals surface area contributed by atoms with Crippen LogP contribution >= 0.6 is 39.1 Å². The Bertz CT molecular complexity index is 647. The van der Waals surface area contributed by atoms with E-state index in [4.69, 9.17) is 28.9 Å². The predicted octanol–water partition coefficient (Wildman–Crippen LogP) is 4.59. The molecule has 0 aromatic heterocycles. The van der Waals surface area contributed by atoms with E-state index in [9.17, 15) is 4.79 Å². The van der Waals surface area contributed by atoms with Crippen molar-refractivity contribution in [1.82, 2.24) is 0 Å². The average Bonchev–Trinajstić information content (AvgIpc) is 2.36. The first-order valence-corrected chi connectivity index (χ1v) is 6.83. The number of nitrogen functional groups attached to an aromatic ring is 1. The minimum Gasteiger partial charge on any atom is -0.398 e. The molecule has 0 radical (unpaired) electrons. The minimum absolute atomic E-state index is 0.315. The van der Waals surface area contributed by atoms with Crippen LogP contribution in [0.15, 0.2) is 40.9 Å². The summed E-state index contributed by atoms with van der Waals surface area (Å²) < 4.78 is 0.770. The van der Waals surface area contributed by atoms with Gasteiger partial charge in [-0.2, -0.15) is 0 Å². The van der Waals surface area contributed by atoms with Crippen LogP contribution in [-0.4, -0.2) is 5.91 Å². The van der Waals surface area contributed by atoms with Crippen LogP contribution in [0.5, 0.6) is 0 Å². The Morgan fingerprint density at radius 2 is 1.89 bits per heavy atom. The molecule has 0 aliphatic rings. The van der Waals surface area contributed by atoms with E-state index in [0.717, 1.165) is 4.47 Å². The van der Waals surface area contributed by atoms with Crippen LogP contribution in [0.2, 0.25) is 10.0 Å². The van der Waals surface area contributed by atoms with E-state index in [1.807, 2.05) is 0 Å². The summed E-state index contributed by atoms with van der Waals surface area (Å²) in [6, 6.07) is 9.86. The molecule has 3 N–H and O–H groups in total. The molecule has 19 heavy (non-hydrogen) atoms. The van der Waals surface area contributed by atoms with Gasteiger partial charge in [0, 0.05) is 20.9 Å². The third-order valence-corrected chi connectivity index (χ3v) is 3.71. The van der Waals surface area contributed by atoms with Crippen LogP contribution in [0.25, 0.3) is 0 Å². The second kappa shape index (κ2) is 5.82. The predicted molar refractivity (Wildman–Crippen MR) is 83.0 cm³/mol. The first kappa shape index (κ1) is 14.2. The summed E-state index contributed by atoms with van der Waals surface area (Å²) in [5.41, 5.74) is 7.18. The maximum atomic E-state index is 12.1. The molecule has 0 aliphatic heterocycles. The summed E-state index contributed by atoms with van der Waals surface area (Å²) in [7, 11) is 0. The smallest absolute Gasteiger partial charge is 0.257 e. The van der Waals surface area contributed by atoms with E-state index in [2.05, 4.69) is 21.2 Å². The number of amides is 1. The van der Waals surface area contributed by atoms with Crippen molar-refractivity contribution in [2.24, 2.45) is 0 Å². The van der Waals surface area contributed by atoms with Gasteiger partial charge in [0.15, 0.2) is 0 Å². The van der Waals surface area contributed by atoms with Gasteiger partial charge in [-0.1, -0.05) is 23.2 Å². The van der Waals surface area contributed by atoms with Gasteiger partial charge in [0.2, 0.25) is 0 Å². The maximum Gasteiger partial charge on any atom is 0.257 e. The molecular weight excluding hydrogens is 351 g/mol. The monoisotopic (exact) mass is 358 g/mol. The van der Waals surface area contributed by atoms with Gasteiger partial charge in [-0.15, -0.1) is 0 Å². The lowest BCUT2D eigenvalue weighted by atomic mass is 10.2. The molecule has 6 heteroatoms. The Morgan fingerprint density at radius 1 is 1.16 bits per heavy atom. The summed E-state index contributed by atoms with van der Waals surface area (Å²) in [4.78, 5) is 12.1. The summed E-state index contributed by atoms with van der Waals surface area (Å²) in [6.07, 6.45) is 0. The van der Waals surface area contributed by atoms with Crippen molar-refractivity contribution in [3.63, 3.8) is 0 Å². The Morgan fingerprint density at radius 3 is 2.58 bits per heavy atom. The number of halogens is 3. The highest BCUT2D eigenvalue weighted by atomic mass is 79.9. The Balaban J connectivity index is 2.25. The zero-order valence-electron chi connectivity index (χ0n) is 9.58. The van der Waals surface area contributed by atoms with Crippen LogP contribution in [0.3, 0.4) is 0 Å². The molecule has 0 bridgehead atoms. The Hall–Kier alpha value is -1.23. The van der Waals surface area contributed by atoms with Crippen molar-refractivity contribution >= 4 is 56.4 Å². The van der Waals surface area contributed by atoms with Gasteiger partial charge in [0.1, 0.15) is 0 Å². The highest BCUT2D eigenvalue weighted by Crippen LogP contribution is 2.25. The lowest BCUT2D eigenvalue weighted by Crippen LogP contribution is -2.12. The number of nitrogens with one attached hydrogen (secondary N) is 1. The fraction of sp³-hybridized carbons (Fsp3) is 0. The van der Waals surface area contributed by atoms with Gasteiger partial charge < -0.3 is 11.1 Å². The van der Waals surface area contributed by atoms with Gasteiger partial charge >= 0.3 is 0 Å². The van der Waals surface area contributed by atoms with E-state index in [-0.39, 0.29) is 5.91 Å². The van der Waals surface area contributed by atoms with E-state index in [1.165, 1.54) is 6.07 Å². The number of carbonyl (C=O) groups excluding carboxylic acids is 1. The van der Waals surface area contributed by atoms with Crippen LogP contribution in [0.4, 0.5) is 11.4 Å². The SMILES string of the molecule is Nc1cc(NC(=O)c2cc(Cl)ccc2Cl)ccc1Br. The van der Waals surface area contributed by atoms with E-state index >= 15 is 0 Å². The van der Waals surface area contributed by atoms with Crippen LogP contribution < -0.4 is 11.1 Å². The molecule has 3 nitrogen and oxygen atoms in total. The molecule has 0 unspecified atom stereocenters. The quantitative estimate of drug-likeness (QED) is 0.770. The normalized spacial score (nSPS) is 10.3. The topological polar surface area (TPSA) is 55.1 Å². The summed E-state index contributed by atoms with van der Waals surface area (Å²) in [5, 5.41) is 3.50. The van der Waals surface area contributed by atoms with Crippen molar-refractivity contribution in [1.29, 1.82) is 0 Å². The van der Waals surface area contributed by atoms with Crippen LogP contribution in [0.1, 0.15) is 10.4 Å². The number of nitrogens with two attached hydrogens (primary N) is 1. The largest absolute Gasteiger partial charge is 0.398 e. The molecule has 0 atom stereocenters. The van der Waals surface area contributed by atoms with Crippen molar-refractivity contribution in [2.75, 3.05) is 11.1 Å². The number of hydrogen-bond acceptors (Lipinski definition) is 2. The van der Waals surface area contributed by atoms with E-state index in [1.54, 1.807) is 30.3 Å². The standard InChI is InChI=1S/C13H9BrCl2N2O/c14-10-3-2-8(6-12(10)17)18-13(19)9-5-7(15)1-4-11(9)16/h1-6H,17H2,(H,18,19). The maximum absolute atomic E-state index is 12.1. The first-order valence-electron chi connectivity index (χ1n) is 5.29. The molecule has 2 aromatic carbocycles. The molecule has 0 saturated heterocycles. The fourth-order valence-corrected chi connectivity index (χ4v) is 2.11. The minimum atomic E-state index is -0.339. The lowest BCUT2D eigenvalue weighted by Gasteiger charge is -2.08. The third kappa shape index (κ3) is 3.41. The van der Waals surface area contributed by atoms with Gasteiger partial charge in [0.05, 0.1) is 10.6 Å². The average molecular weight is 360 g/mol. The summed E-state index contributed by atoms with van der Waals surface area (Å²) >= 11 is 15.1. The van der Waals surface area contributed by atoms with Gasteiger partial charge in [-0.3, -0.25) is 4.79 Å². The summed E-state index contributed by atoms with van der Waals surface area (Å²) in [6.45, 7) is 0. The Kier molecular flexibility index (Phi) is 4.34. The number of hydrogen-bond donors (Lipinski definition) is 2. The number of carbonyl (C=O) groups is 1. The lowest BCUT2D eigenvalue weighted by molar-refractivity contribution is 0.102. The summed E-state index contributed by atoms with van der Waals surface area (Å²) in [5.74, 6) is -0.339. The molecule has 98 valence electrons. The third-order valence-electron chi connectivity index (χ3n) is 2.43. The van der Waals surface area contributed by atoms with Gasteiger partial charge in [0.25, 0.3) is 5.91 Å². The molecule has 0 spiro atoms. The fourth-order valence-electron chi connectivity index (χ4n) is 1.49. The first-order chi connectivity index (χ1) is 8.97. The zero-order chi connectivity index (χ0) is 14.0. The second-order valence-corrected chi connectivity index (χ2v) is 5.51. The molecule has 1 amide bonds. The van der Waals surface area contributed by atoms with E-state index < -0.39 is 0 Å². The zero-order valence-corrected chi connectivity index (χ0v) is 12.7. The van der Waals surface area contributed by atoms with E-state index in [0.29, 0.717) is 27.0 Å². The van der Waals surface area contributed by atoms with Gasteiger partial charge in [-0.25, -0.2) is 0 Å². The second-order valence-electron chi connectivity index (χ2n) is 3.81. The molecule has 0 aliphatic carbocycles. The van der Waals surface area contributed by atoms with Crippen LogP contribution in [0, 0.1) is 0 Å². The number of rotatable bonds is 2. The van der Waals surface area contributed by atoms with Crippen molar-refractivity contribution in [3.05, 3.63) is 56.5 Å². The number of anilines is 2. The molecule has 0 fully saturated rings. The molecule has 0 heterocycles. The Labute approximate surface area is 128 Å². The molecule has 0 saturated carbocycles. The highest BCUT2D eigenvalue weighted by molar-refractivity contribution is 9.10. The van der Waals surface area contributed by atoms with Crippen molar-refractivity contribution in [3.8, 4) is 0 Å². The highest BCUT2D eigenvalue weighted by Gasteiger charge is 2.11. The molecule has 2 aromatic rings. The molecular formula is C13H9BrCl2N2O. The molecule has 2 rings (SSSR count). The van der Waals surface area contributed by atoms with Crippen LogP contribution in [-0.2, 0) is 0 Å². The van der Waals surface area contributed by atoms with Crippen molar-refractivity contribution in [2.45, 2.75) is 0 Å². The van der Waals surface area contributed by atoms with Crippen molar-refractivity contribution < 1.29 is 4.79 Å².